The molecule has 0 aliphatic heterocycles. The van der Waals surface area contributed by atoms with Crippen LogP contribution in [-0.2, 0) is 20.9 Å². The van der Waals surface area contributed by atoms with Crippen LogP contribution in [0.5, 0.6) is 0 Å². The number of benzene rings is 2. The highest BCUT2D eigenvalue weighted by atomic mass is 19.1. The van der Waals surface area contributed by atoms with Crippen molar-refractivity contribution >= 4 is 22.7 Å². The second-order valence-corrected chi connectivity index (χ2v) is 7.11. The van der Waals surface area contributed by atoms with Gasteiger partial charge in [-0.15, -0.1) is 0 Å². The Morgan fingerprint density at radius 3 is 2.50 bits per heavy atom. The Balaban J connectivity index is 1.53. The van der Waals surface area contributed by atoms with Gasteiger partial charge >= 0.3 is 11.9 Å². The zero-order valence-corrected chi connectivity index (χ0v) is 13.8. The van der Waals surface area contributed by atoms with E-state index < -0.39 is 41.1 Å². The fourth-order valence-electron chi connectivity index (χ4n) is 4.33. The summed E-state index contributed by atoms with van der Waals surface area (Å²) in [6.45, 7) is 0.119. The second-order valence-electron chi connectivity index (χ2n) is 7.11. The van der Waals surface area contributed by atoms with E-state index in [1.54, 1.807) is 0 Å². The van der Waals surface area contributed by atoms with E-state index in [1.807, 2.05) is 42.5 Å². The lowest BCUT2D eigenvalue weighted by atomic mass is 9.88. The molecule has 26 heavy (non-hydrogen) atoms. The maximum atomic E-state index is 14.5. The van der Waals surface area contributed by atoms with E-state index in [-0.39, 0.29) is 13.0 Å². The molecule has 0 spiro atoms. The number of hydrogen-bond donors (Lipinski definition) is 3. The van der Waals surface area contributed by atoms with Gasteiger partial charge < -0.3 is 20.7 Å². The van der Waals surface area contributed by atoms with Gasteiger partial charge in [-0.2, -0.15) is 0 Å². The molecule has 0 aromatic heterocycles. The van der Waals surface area contributed by atoms with Crippen LogP contribution in [0.1, 0.15) is 12.0 Å². The Kier molecular flexibility index (Phi) is 3.58. The predicted octanol–water partition coefficient (Wildman–Crippen LogP) is 1.95. The molecule has 7 heteroatoms. The van der Waals surface area contributed by atoms with Crippen LogP contribution in [0, 0.1) is 11.8 Å². The number of fused-ring (bicyclic) bond motifs is 2. The highest BCUT2D eigenvalue weighted by molar-refractivity contribution is 5.90. The summed E-state index contributed by atoms with van der Waals surface area (Å²) in [5.41, 5.74) is 2.19. The topological polar surface area (TPSA) is 110 Å². The van der Waals surface area contributed by atoms with Crippen molar-refractivity contribution in [1.82, 2.24) is 0 Å². The number of carboxylic acid groups (broad SMARTS) is 2. The van der Waals surface area contributed by atoms with Crippen molar-refractivity contribution in [2.24, 2.45) is 17.6 Å². The smallest absolute Gasteiger partial charge is 0.342 e. The molecule has 3 unspecified atom stereocenters. The SMILES string of the molecule is N[C@@]1(C(=O)O)C(OCc2ccc3ccccc3c2)CC2C1[C@@]2(F)C(=O)O. The number of carbonyl (C=O) groups is 2. The lowest BCUT2D eigenvalue weighted by molar-refractivity contribution is -0.156. The molecule has 136 valence electrons. The number of carboxylic acids is 2. The van der Waals surface area contributed by atoms with Gasteiger partial charge in [-0.05, 0) is 28.8 Å². The first-order valence-electron chi connectivity index (χ1n) is 8.33. The second kappa shape index (κ2) is 5.49. The molecule has 2 aromatic carbocycles. The Morgan fingerprint density at radius 2 is 1.85 bits per heavy atom. The summed E-state index contributed by atoms with van der Waals surface area (Å²) >= 11 is 0. The molecular weight excluding hydrogens is 341 g/mol. The highest BCUT2D eigenvalue weighted by Crippen LogP contribution is 2.67. The van der Waals surface area contributed by atoms with Gasteiger partial charge in [0.1, 0.15) is 5.54 Å². The summed E-state index contributed by atoms with van der Waals surface area (Å²) in [7, 11) is 0. The largest absolute Gasteiger partial charge is 0.480 e. The number of ether oxygens (including phenoxy) is 1. The number of aliphatic carboxylic acids is 2. The molecule has 6 nitrogen and oxygen atoms in total. The van der Waals surface area contributed by atoms with Gasteiger partial charge in [0.2, 0.25) is 5.67 Å². The molecular formula is C19H18FNO5. The van der Waals surface area contributed by atoms with Gasteiger partial charge in [0.05, 0.1) is 12.7 Å². The average Bonchev–Trinajstić information content (AvgIpc) is 3.09. The van der Waals surface area contributed by atoms with Crippen molar-refractivity contribution in [3.63, 3.8) is 0 Å². The Bertz CT molecular complexity index is 918. The molecule has 4 N–H and O–H groups in total. The lowest BCUT2D eigenvalue weighted by Crippen LogP contribution is -2.60. The van der Waals surface area contributed by atoms with Crippen molar-refractivity contribution in [3.8, 4) is 0 Å². The van der Waals surface area contributed by atoms with Crippen LogP contribution >= 0.6 is 0 Å². The Hall–Kier alpha value is -2.51. The van der Waals surface area contributed by atoms with Gasteiger partial charge in [0.15, 0.2) is 0 Å². The van der Waals surface area contributed by atoms with E-state index in [1.165, 1.54) is 0 Å². The van der Waals surface area contributed by atoms with E-state index in [4.69, 9.17) is 15.6 Å². The number of rotatable bonds is 5. The van der Waals surface area contributed by atoms with Crippen LogP contribution in [0.15, 0.2) is 42.5 Å². The van der Waals surface area contributed by atoms with Crippen LogP contribution in [0.3, 0.4) is 0 Å². The lowest BCUT2D eigenvalue weighted by Gasteiger charge is -2.31. The van der Waals surface area contributed by atoms with Gasteiger partial charge in [0.25, 0.3) is 0 Å². The zero-order valence-electron chi connectivity index (χ0n) is 13.8. The van der Waals surface area contributed by atoms with Gasteiger partial charge in [-0.1, -0.05) is 36.4 Å². The first-order chi connectivity index (χ1) is 12.3. The predicted molar refractivity (Wildman–Crippen MR) is 90.2 cm³/mol. The molecule has 2 aliphatic rings. The molecule has 0 bridgehead atoms. The third-order valence-electron chi connectivity index (χ3n) is 5.76. The molecule has 0 amide bonds. The molecule has 4 rings (SSSR count). The molecule has 2 aromatic rings. The van der Waals surface area contributed by atoms with Crippen molar-refractivity contribution in [2.45, 2.75) is 30.3 Å². The molecule has 0 saturated heterocycles. The standard InChI is InChI=1S/C19H18FNO5/c20-18(16(22)23)13-8-14(19(21,15(13)18)17(24)25)26-9-10-5-6-11-3-1-2-4-12(11)7-10/h1-7,13-15H,8-9,21H2,(H,22,23)(H,24,25)/t13?,14?,15?,18-,19+/m1/s1. The number of alkyl halides is 1. The number of halogens is 1. The molecule has 2 saturated carbocycles. The first kappa shape index (κ1) is 16.9. The molecule has 2 aliphatic carbocycles. The number of nitrogens with two attached hydrogens (primary N) is 1. The monoisotopic (exact) mass is 359 g/mol. The van der Waals surface area contributed by atoms with Crippen molar-refractivity contribution in [3.05, 3.63) is 48.0 Å². The van der Waals surface area contributed by atoms with Gasteiger partial charge in [-0.25, -0.2) is 9.18 Å². The summed E-state index contributed by atoms with van der Waals surface area (Å²) < 4.78 is 20.2. The molecule has 5 atom stereocenters. The van der Waals surface area contributed by atoms with Crippen molar-refractivity contribution in [1.29, 1.82) is 0 Å². The molecule has 0 radical (unpaired) electrons. The Labute approximate surface area is 148 Å². The van der Waals surface area contributed by atoms with E-state index in [0.29, 0.717) is 0 Å². The van der Waals surface area contributed by atoms with E-state index >= 15 is 0 Å². The minimum atomic E-state index is -2.57. The quantitative estimate of drug-likeness (QED) is 0.753. The molecule has 2 fully saturated rings. The molecule has 0 heterocycles. The summed E-state index contributed by atoms with van der Waals surface area (Å²) in [6.07, 6.45) is -0.964. The first-order valence-corrected chi connectivity index (χ1v) is 8.33. The van der Waals surface area contributed by atoms with Crippen LogP contribution in [-0.4, -0.2) is 39.5 Å². The van der Waals surface area contributed by atoms with Crippen LogP contribution in [0.25, 0.3) is 10.8 Å². The van der Waals surface area contributed by atoms with Crippen LogP contribution in [0.2, 0.25) is 0 Å². The van der Waals surface area contributed by atoms with Gasteiger partial charge in [0, 0.05) is 11.8 Å². The average molecular weight is 359 g/mol. The van der Waals surface area contributed by atoms with E-state index in [0.717, 1.165) is 16.3 Å². The summed E-state index contributed by atoms with van der Waals surface area (Å²) in [6, 6.07) is 13.5. The highest BCUT2D eigenvalue weighted by Gasteiger charge is 2.85. The normalized spacial score (nSPS) is 35.2. The minimum absolute atomic E-state index is 0.0240. The third-order valence-corrected chi connectivity index (χ3v) is 5.76. The Morgan fingerprint density at radius 1 is 1.15 bits per heavy atom. The summed E-state index contributed by atoms with van der Waals surface area (Å²) in [5.74, 6) is -5.29. The maximum absolute atomic E-state index is 14.5. The zero-order chi connectivity index (χ0) is 18.7. The van der Waals surface area contributed by atoms with Crippen molar-refractivity contribution < 1.29 is 28.9 Å². The van der Waals surface area contributed by atoms with Crippen LogP contribution < -0.4 is 5.73 Å². The van der Waals surface area contributed by atoms with E-state index in [2.05, 4.69) is 0 Å². The fraction of sp³-hybridized carbons (Fsp3) is 0.368. The number of hydrogen-bond acceptors (Lipinski definition) is 4. The van der Waals surface area contributed by atoms with Gasteiger partial charge in [-0.3, -0.25) is 4.79 Å². The van der Waals surface area contributed by atoms with E-state index in [9.17, 15) is 19.1 Å². The fourth-order valence-corrected chi connectivity index (χ4v) is 4.33. The van der Waals surface area contributed by atoms with Crippen LogP contribution in [0.4, 0.5) is 4.39 Å². The summed E-state index contributed by atoms with van der Waals surface area (Å²) in [4.78, 5) is 22.9. The minimum Gasteiger partial charge on any atom is -0.480 e. The third kappa shape index (κ3) is 2.17. The maximum Gasteiger partial charge on any atom is 0.342 e. The summed E-state index contributed by atoms with van der Waals surface area (Å²) in [5, 5.41) is 20.7. The van der Waals surface area contributed by atoms with Crippen molar-refractivity contribution in [2.75, 3.05) is 0 Å².